The summed E-state index contributed by atoms with van der Waals surface area (Å²) in [7, 11) is 0. The summed E-state index contributed by atoms with van der Waals surface area (Å²) in [4.78, 5) is 19.4. The van der Waals surface area contributed by atoms with Crippen molar-refractivity contribution in [2.24, 2.45) is 4.99 Å². The van der Waals surface area contributed by atoms with Crippen molar-refractivity contribution < 1.29 is 23.1 Å². The number of aliphatic hydroxyl groups is 1. The SMILES string of the molecule is CC1(O)CN(C(=O)c2ccc(C3=CC=CN4CC=C(C(F)(F)F)N=C34)cc2)C1. The zero-order valence-corrected chi connectivity index (χ0v) is 15.1. The van der Waals surface area contributed by atoms with Crippen molar-refractivity contribution >= 4 is 17.3 Å². The van der Waals surface area contributed by atoms with Crippen LogP contribution in [0.1, 0.15) is 22.8 Å². The van der Waals surface area contributed by atoms with E-state index in [1.54, 1.807) is 59.3 Å². The van der Waals surface area contributed by atoms with Crippen molar-refractivity contribution in [3.8, 4) is 0 Å². The summed E-state index contributed by atoms with van der Waals surface area (Å²) in [5.41, 5.74) is -0.0609. The zero-order chi connectivity index (χ0) is 20.1. The second-order valence-corrected chi connectivity index (χ2v) is 7.33. The van der Waals surface area contributed by atoms with Crippen molar-refractivity contribution in [1.82, 2.24) is 9.80 Å². The van der Waals surface area contributed by atoms with E-state index in [0.717, 1.165) is 6.08 Å². The monoisotopic (exact) mass is 389 g/mol. The fourth-order valence-corrected chi connectivity index (χ4v) is 3.46. The molecule has 0 bridgehead atoms. The molecule has 8 heteroatoms. The van der Waals surface area contributed by atoms with E-state index in [9.17, 15) is 23.1 Å². The number of benzene rings is 1. The predicted octanol–water partition coefficient (Wildman–Crippen LogP) is 2.96. The standard InChI is InChI=1S/C20H18F3N3O2/c1-19(28)11-26(12-19)18(27)14-6-4-13(5-7-14)15-3-2-9-25-10-8-16(20(21,22)23)24-17(15)25/h2-9,28H,10-12H2,1H3. The Bertz CT molecular complexity index is 932. The summed E-state index contributed by atoms with van der Waals surface area (Å²) >= 11 is 0. The molecule has 0 aliphatic carbocycles. The molecule has 1 aromatic rings. The van der Waals surface area contributed by atoms with Crippen LogP contribution < -0.4 is 0 Å². The van der Waals surface area contributed by atoms with E-state index in [0.29, 0.717) is 16.7 Å². The van der Waals surface area contributed by atoms with Gasteiger partial charge >= 0.3 is 6.18 Å². The number of halogens is 3. The fraction of sp³-hybridized carbons (Fsp3) is 0.300. The molecule has 1 amide bonds. The topological polar surface area (TPSA) is 56.1 Å². The van der Waals surface area contributed by atoms with Crippen molar-refractivity contribution in [1.29, 1.82) is 0 Å². The van der Waals surface area contributed by atoms with Gasteiger partial charge in [-0.25, -0.2) is 4.99 Å². The van der Waals surface area contributed by atoms with Gasteiger partial charge in [-0.05, 0) is 42.8 Å². The second-order valence-electron chi connectivity index (χ2n) is 7.33. The molecule has 4 rings (SSSR count). The van der Waals surface area contributed by atoms with Crippen LogP contribution in [0.3, 0.4) is 0 Å². The fourth-order valence-electron chi connectivity index (χ4n) is 3.46. The van der Waals surface area contributed by atoms with Crippen molar-refractivity contribution in [2.45, 2.75) is 18.7 Å². The molecule has 0 aromatic heterocycles. The number of nitrogens with zero attached hydrogens (tertiary/aromatic N) is 3. The Balaban J connectivity index is 1.58. The van der Waals surface area contributed by atoms with Crippen molar-refractivity contribution in [3.05, 3.63) is 65.5 Å². The molecule has 3 heterocycles. The summed E-state index contributed by atoms with van der Waals surface area (Å²) in [6.45, 7) is 2.32. The molecule has 0 atom stereocenters. The summed E-state index contributed by atoms with van der Waals surface area (Å²) in [6, 6.07) is 6.67. The number of fused-ring (bicyclic) bond motifs is 1. The van der Waals surface area contributed by atoms with Gasteiger partial charge in [0.25, 0.3) is 5.91 Å². The number of carbonyl (C=O) groups excluding carboxylic acids is 1. The molecule has 3 aliphatic rings. The molecule has 1 aromatic carbocycles. The van der Waals surface area contributed by atoms with E-state index in [4.69, 9.17) is 0 Å². The maximum atomic E-state index is 13.0. The van der Waals surface area contributed by atoms with Crippen LogP contribution in [0.2, 0.25) is 0 Å². The summed E-state index contributed by atoms with van der Waals surface area (Å²) in [5.74, 6) is 0.0460. The highest BCUT2D eigenvalue weighted by Gasteiger charge is 2.40. The second kappa shape index (κ2) is 6.34. The number of amidine groups is 1. The van der Waals surface area contributed by atoms with Crippen LogP contribution in [0, 0.1) is 0 Å². The van der Waals surface area contributed by atoms with Crippen LogP contribution in [-0.2, 0) is 0 Å². The molecule has 3 aliphatic heterocycles. The number of hydrogen-bond donors (Lipinski definition) is 1. The van der Waals surface area contributed by atoms with Gasteiger partial charge in [-0.15, -0.1) is 0 Å². The third-order valence-corrected chi connectivity index (χ3v) is 4.83. The lowest BCUT2D eigenvalue weighted by atomic mass is 9.95. The first-order chi connectivity index (χ1) is 13.1. The minimum absolute atomic E-state index is 0.0903. The summed E-state index contributed by atoms with van der Waals surface area (Å²) < 4.78 is 39.1. The van der Waals surface area contributed by atoms with Gasteiger partial charge < -0.3 is 14.9 Å². The average molecular weight is 389 g/mol. The number of β-amino-alcohol motifs (C(OH)–C–C–N with tert-alkyl or cyclic N) is 1. The Kier molecular flexibility index (Phi) is 4.19. The molecule has 0 radical (unpaired) electrons. The van der Waals surface area contributed by atoms with Crippen LogP contribution in [0.4, 0.5) is 13.2 Å². The molecule has 1 saturated heterocycles. The van der Waals surface area contributed by atoms with E-state index >= 15 is 0 Å². The Labute approximate surface area is 159 Å². The number of carbonyl (C=O) groups is 1. The van der Waals surface area contributed by atoms with Gasteiger partial charge in [-0.3, -0.25) is 4.79 Å². The highest BCUT2D eigenvalue weighted by Crippen LogP contribution is 2.33. The smallest absolute Gasteiger partial charge is 0.386 e. The highest BCUT2D eigenvalue weighted by atomic mass is 19.4. The number of aliphatic imine (C=N–C) groups is 1. The molecule has 0 spiro atoms. The average Bonchev–Trinajstić information content (AvgIpc) is 2.64. The van der Waals surface area contributed by atoms with Gasteiger partial charge in [0.2, 0.25) is 0 Å². The Morgan fingerprint density at radius 1 is 1.21 bits per heavy atom. The first kappa shape index (κ1) is 18.5. The van der Waals surface area contributed by atoms with E-state index in [1.165, 1.54) is 0 Å². The normalized spacial score (nSPS) is 20.7. The third-order valence-electron chi connectivity index (χ3n) is 4.83. The summed E-state index contributed by atoms with van der Waals surface area (Å²) in [6.07, 6.45) is 1.69. The Hall–Kier alpha value is -2.87. The van der Waals surface area contributed by atoms with Crippen molar-refractivity contribution in [2.75, 3.05) is 19.6 Å². The maximum absolute atomic E-state index is 13.0. The molecule has 5 nitrogen and oxygen atoms in total. The lowest BCUT2D eigenvalue weighted by Gasteiger charge is -2.44. The van der Waals surface area contributed by atoms with E-state index in [2.05, 4.69) is 4.99 Å². The molecule has 28 heavy (non-hydrogen) atoms. The Morgan fingerprint density at radius 2 is 1.89 bits per heavy atom. The van der Waals surface area contributed by atoms with Crippen LogP contribution in [0.5, 0.6) is 0 Å². The number of rotatable bonds is 2. The van der Waals surface area contributed by atoms with E-state index in [1.807, 2.05) is 0 Å². The van der Waals surface area contributed by atoms with Crippen LogP contribution in [0.15, 0.2) is 59.4 Å². The first-order valence-electron chi connectivity index (χ1n) is 8.78. The lowest BCUT2D eigenvalue weighted by molar-refractivity contribution is -0.0929. The quantitative estimate of drug-likeness (QED) is 0.846. The number of hydrogen-bond acceptors (Lipinski definition) is 4. The number of amides is 1. The minimum atomic E-state index is -4.50. The molecule has 1 fully saturated rings. The maximum Gasteiger partial charge on any atom is 0.433 e. The molecule has 0 saturated carbocycles. The van der Waals surface area contributed by atoms with Crippen LogP contribution in [-0.4, -0.2) is 58.1 Å². The first-order valence-corrected chi connectivity index (χ1v) is 8.78. The molecule has 1 N–H and O–H groups in total. The van der Waals surface area contributed by atoms with Gasteiger partial charge in [0, 0.05) is 23.9 Å². The highest BCUT2D eigenvalue weighted by molar-refractivity contribution is 6.24. The van der Waals surface area contributed by atoms with Crippen LogP contribution >= 0.6 is 0 Å². The van der Waals surface area contributed by atoms with Gasteiger partial charge in [-0.2, -0.15) is 13.2 Å². The van der Waals surface area contributed by atoms with Gasteiger partial charge in [0.1, 0.15) is 11.5 Å². The zero-order valence-electron chi connectivity index (χ0n) is 15.1. The van der Waals surface area contributed by atoms with Crippen LogP contribution in [0.25, 0.3) is 5.57 Å². The molecular weight excluding hydrogens is 371 g/mol. The predicted molar refractivity (Wildman–Crippen MR) is 98.4 cm³/mol. The van der Waals surface area contributed by atoms with Crippen molar-refractivity contribution in [3.63, 3.8) is 0 Å². The van der Waals surface area contributed by atoms with Gasteiger partial charge in [-0.1, -0.05) is 12.1 Å². The van der Waals surface area contributed by atoms with E-state index in [-0.39, 0.29) is 31.4 Å². The summed E-state index contributed by atoms with van der Waals surface area (Å²) in [5, 5.41) is 9.77. The third kappa shape index (κ3) is 3.35. The molecular formula is C20H18F3N3O2. The Morgan fingerprint density at radius 3 is 2.50 bits per heavy atom. The number of likely N-dealkylation sites (tertiary alicyclic amines) is 1. The minimum Gasteiger partial charge on any atom is -0.386 e. The van der Waals surface area contributed by atoms with Gasteiger partial charge in [0.15, 0.2) is 0 Å². The number of alkyl halides is 3. The van der Waals surface area contributed by atoms with E-state index < -0.39 is 17.5 Å². The number of allylic oxidation sites excluding steroid dienone is 3. The van der Waals surface area contributed by atoms with Gasteiger partial charge in [0.05, 0.1) is 18.7 Å². The largest absolute Gasteiger partial charge is 0.433 e. The molecule has 146 valence electrons. The lowest BCUT2D eigenvalue weighted by Crippen LogP contribution is -2.61. The molecule has 0 unspecified atom stereocenters.